The Balaban J connectivity index is 1.65. The minimum atomic E-state index is -0.365. The van der Waals surface area contributed by atoms with Gasteiger partial charge in [-0.3, -0.25) is 4.98 Å². The maximum absolute atomic E-state index is 9.11. The molecule has 0 radical (unpaired) electrons. The van der Waals surface area contributed by atoms with E-state index in [1.165, 1.54) is 0 Å². The van der Waals surface area contributed by atoms with Crippen molar-refractivity contribution in [1.82, 2.24) is 24.7 Å². The number of aliphatic hydroxyl groups excluding tert-OH is 1. The SMILES string of the molecule is CC(Oc1ccc2c(c1)c(/C=C/c1ccc(CO)nn1)nn2PI)c1c(Cl)cncc1Cl. The highest BCUT2D eigenvalue weighted by molar-refractivity contribution is 14.2. The zero-order valence-corrected chi connectivity index (χ0v) is 21.4. The number of hydrogen-bond donors (Lipinski definition) is 1. The maximum Gasteiger partial charge on any atom is 0.124 e. The molecule has 0 aliphatic heterocycles. The Morgan fingerprint density at radius 2 is 1.94 bits per heavy atom. The second-order valence-electron chi connectivity index (χ2n) is 6.78. The van der Waals surface area contributed by atoms with Crippen molar-refractivity contribution in [2.24, 2.45) is 0 Å². The van der Waals surface area contributed by atoms with Crippen molar-refractivity contribution in [3.8, 4) is 5.75 Å². The first-order chi connectivity index (χ1) is 15.5. The van der Waals surface area contributed by atoms with Crippen molar-refractivity contribution in [2.75, 3.05) is 0 Å². The summed E-state index contributed by atoms with van der Waals surface area (Å²) in [4.78, 5) is 3.99. The molecule has 0 saturated carbocycles. The molecule has 0 aliphatic carbocycles. The quantitative estimate of drug-likeness (QED) is 0.203. The lowest BCUT2D eigenvalue weighted by molar-refractivity contribution is 0.227. The summed E-state index contributed by atoms with van der Waals surface area (Å²) < 4.78 is 8.10. The molecule has 0 amide bonds. The fourth-order valence-electron chi connectivity index (χ4n) is 3.16. The highest BCUT2D eigenvalue weighted by atomic mass is 127. The van der Waals surface area contributed by atoms with Crippen molar-refractivity contribution in [2.45, 2.75) is 19.6 Å². The molecule has 2 unspecified atom stereocenters. The molecule has 11 heteroatoms. The van der Waals surface area contributed by atoms with E-state index in [9.17, 15) is 0 Å². The van der Waals surface area contributed by atoms with E-state index in [0.717, 1.165) is 16.6 Å². The largest absolute Gasteiger partial charge is 0.486 e. The number of aliphatic hydroxyl groups is 1. The molecule has 3 heterocycles. The summed E-state index contributed by atoms with van der Waals surface area (Å²) in [5, 5.41) is 23.7. The van der Waals surface area contributed by atoms with Gasteiger partial charge in [-0.15, -0.1) is 0 Å². The van der Waals surface area contributed by atoms with Crippen LogP contribution in [0.4, 0.5) is 0 Å². The average Bonchev–Trinajstić information content (AvgIpc) is 3.15. The Bertz CT molecular complexity index is 1260. The molecule has 0 saturated heterocycles. The van der Waals surface area contributed by atoms with Gasteiger partial charge < -0.3 is 9.84 Å². The van der Waals surface area contributed by atoms with Crippen LogP contribution in [0, 0.1) is 0 Å². The Morgan fingerprint density at radius 3 is 2.59 bits per heavy atom. The van der Waals surface area contributed by atoms with Gasteiger partial charge >= 0.3 is 0 Å². The molecule has 1 aromatic carbocycles. The van der Waals surface area contributed by atoms with Crippen LogP contribution in [-0.4, -0.2) is 29.8 Å². The summed E-state index contributed by atoms with van der Waals surface area (Å²) in [5.74, 6) is 0.673. The van der Waals surface area contributed by atoms with Gasteiger partial charge in [-0.25, -0.2) is 4.45 Å². The highest BCUT2D eigenvalue weighted by Gasteiger charge is 2.17. The number of rotatable bonds is 7. The third-order valence-corrected chi connectivity index (χ3v) is 7.16. The molecule has 4 aromatic rings. The van der Waals surface area contributed by atoms with Gasteiger partial charge in [0.15, 0.2) is 0 Å². The molecule has 2 atom stereocenters. The summed E-state index contributed by atoms with van der Waals surface area (Å²) in [6, 6.07) is 9.38. The van der Waals surface area contributed by atoms with Crippen LogP contribution in [-0.2, 0) is 6.61 Å². The number of halogens is 3. The average molecular weight is 600 g/mol. The predicted octanol–water partition coefficient (Wildman–Crippen LogP) is 6.12. The van der Waals surface area contributed by atoms with Crippen LogP contribution >= 0.6 is 51.6 Å². The predicted molar refractivity (Wildman–Crippen MR) is 138 cm³/mol. The first-order valence-corrected chi connectivity index (χ1v) is 14.3. The van der Waals surface area contributed by atoms with Gasteiger partial charge in [0.25, 0.3) is 0 Å². The monoisotopic (exact) mass is 599 g/mol. The van der Waals surface area contributed by atoms with E-state index in [-0.39, 0.29) is 12.7 Å². The lowest BCUT2D eigenvalue weighted by Crippen LogP contribution is -2.05. The number of nitrogens with zero attached hydrogens (tertiary/aromatic N) is 5. The standard InChI is InChI=1S/C21H17Cl2IN5O2P/c1-12(21-17(22)9-25-10-18(21)23)31-15-5-7-20-16(8-15)19(28-29(20)32-24)6-4-13-2-3-14(11-30)27-26-13/h2-10,12,30,32H,11H2,1H3/b6-4+. The molecule has 164 valence electrons. The molecule has 0 bridgehead atoms. The van der Waals surface area contributed by atoms with Crippen molar-refractivity contribution in [3.05, 3.63) is 75.4 Å². The number of aromatic nitrogens is 5. The molecule has 0 fully saturated rings. The van der Waals surface area contributed by atoms with Gasteiger partial charge in [0.2, 0.25) is 0 Å². The van der Waals surface area contributed by atoms with Gasteiger partial charge in [0.1, 0.15) is 11.9 Å². The minimum Gasteiger partial charge on any atom is -0.486 e. The molecule has 0 spiro atoms. The Kier molecular flexibility index (Phi) is 7.58. The van der Waals surface area contributed by atoms with Crippen LogP contribution in [0.3, 0.4) is 0 Å². The maximum atomic E-state index is 9.11. The normalized spacial score (nSPS) is 12.9. The van der Waals surface area contributed by atoms with Crippen molar-refractivity contribution in [3.63, 3.8) is 0 Å². The van der Waals surface area contributed by atoms with Crippen LogP contribution in [0.5, 0.6) is 5.75 Å². The molecule has 3 aromatic heterocycles. The van der Waals surface area contributed by atoms with Gasteiger partial charge in [-0.05, 0) is 71.4 Å². The number of hydrogen-bond acceptors (Lipinski definition) is 6. The Morgan fingerprint density at radius 1 is 1.16 bits per heavy atom. The van der Waals surface area contributed by atoms with Crippen LogP contribution < -0.4 is 4.74 Å². The molecule has 1 N–H and O–H groups in total. The van der Waals surface area contributed by atoms with E-state index < -0.39 is 0 Å². The third kappa shape index (κ3) is 5.05. The van der Waals surface area contributed by atoms with Gasteiger partial charge in [0, 0.05) is 23.3 Å². The number of fused-ring (bicyclic) bond motifs is 1. The van der Waals surface area contributed by atoms with E-state index in [0.29, 0.717) is 39.1 Å². The zero-order valence-electron chi connectivity index (χ0n) is 16.7. The van der Waals surface area contributed by atoms with E-state index in [2.05, 4.69) is 37.2 Å². The zero-order chi connectivity index (χ0) is 22.7. The summed E-state index contributed by atoms with van der Waals surface area (Å²) in [6.07, 6.45) is 6.91. The summed E-state index contributed by atoms with van der Waals surface area (Å²) >= 11 is 14.9. The van der Waals surface area contributed by atoms with Crippen LogP contribution in [0.25, 0.3) is 23.1 Å². The lowest BCUT2D eigenvalue weighted by atomic mass is 10.1. The molecule has 7 nitrogen and oxygen atoms in total. The van der Waals surface area contributed by atoms with Crippen molar-refractivity contribution >= 4 is 74.7 Å². The molecular formula is C21H17Cl2IN5O2P. The highest BCUT2D eigenvalue weighted by Crippen LogP contribution is 2.36. The number of pyridine rings is 1. The Hall–Kier alpha value is -1.84. The fourth-order valence-corrected chi connectivity index (χ4v) is 5.37. The summed E-state index contributed by atoms with van der Waals surface area (Å²) in [6.45, 7) is 1.75. The van der Waals surface area contributed by atoms with Crippen molar-refractivity contribution < 1.29 is 9.84 Å². The Labute approximate surface area is 209 Å². The number of benzene rings is 1. The van der Waals surface area contributed by atoms with E-state index in [1.54, 1.807) is 24.5 Å². The van der Waals surface area contributed by atoms with Crippen LogP contribution in [0.2, 0.25) is 10.0 Å². The summed E-state index contributed by atoms with van der Waals surface area (Å²) in [7, 11) is 0. The first kappa shape index (κ1) is 23.3. The van der Waals surface area contributed by atoms with E-state index >= 15 is 0 Å². The van der Waals surface area contributed by atoms with Gasteiger partial charge in [-0.1, -0.05) is 23.2 Å². The summed E-state index contributed by atoms with van der Waals surface area (Å²) in [5.41, 5.74) is 3.67. The van der Waals surface area contributed by atoms with Gasteiger partial charge in [0.05, 0.1) is 45.6 Å². The van der Waals surface area contributed by atoms with Gasteiger partial charge in [-0.2, -0.15) is 15.3 Å². The third-order valence-electron chi connectivity index (χ3n) is 4.68. The number of ether oxygens (including phenoxy) is 1. The molecular weight excluding hydrogens is 583 g/mol. The minimum absolute atomic E-state index is 0.139. The fraction of sp³-hybridized carbons (Fsp3) is 0.143. The van der Waals surface area contributed by atoms with E-state index in [4.69, 9.17) is 38.1 Å². The van der Waals surface area contributed by atoms with Crippen LogP contribution in [0.1, 0.15) is 35.7 Å². The lowest BCUT2D eigenvalue weighted by Gasteiger charge is -2.17. The first-order valence-electron chi connectivity index (χ1n) is 9.46. The van der Waals surface area contributed by atoms with Crippen LogP contribution in [0.15, 0.2) is 42.7 Å². The topological polar surface area (TPSA) is 86.0 Å². The molecule has 4 rings (SSSR count). The second kappa shape index (κ2) is 10.4. The second-order valence-corrected chi connectivity index (χ2v) is 9.63. The molecule has 0 aliphatic rings. The molecule has 32 heavy (non-hydrogen) atoms. The smallest absolute Gasteiger partial charge is 0.124 e. The van der Waals surface area contributed by atoms with E-state index in [1.807, 2.05) is 41.7 Å². The van der Waals surface area contributed by atoms with Crippen molar-refractivity contribution in [1.29, 1.82) is 0 Å².